The predicted molar refractivity (Wildman–Crippen MR) is 101 cm³/mol. The zero-order valence-electron chi connectivity index (χ0n) is 15.9. The number of nitriles is 1. The molecule has 0 radical (unpaired) electrons. The summed E-state index contributed by atoms with van der Waals surface area (Å²) in [6, 6.07) is 1.70. The van der Waals surface area contributed by atoms with Crippen molar-refractivity contribution in [2.45, 2.75) is 57.1 Å². The molecule has 1 saturated heterocycles. The number of carbonyl (C=O) groups excluding carboxylic acids is 2. The van der Waals surface area contributed by atoms with Crippen LogP contribution in [0, 0.1) is 11.3 Å². The summed E-state index contributed by atoms with van der Waals surface area (Å²) in [5.74, 6) is -0.730. The van der Waals surface area contributed by atoms with Gasteiger partial charge in [0.15, 0.2) is 0 Å². The summed E-state index contributed by atoms with van der Waals surface area (Å²) in [5.41, 5.74) is 0.122. The average molecular weight is 421 g/mol. The van der Waals surface area contributed by atoms with E-state index in [4.69, 9.17) is 10.00 Å². The fraction of sp³-hybridized carbons (Fsp3) is 0.611. The quantitative estimate of drug-likeness (QED) is 0.627. The highest BCUT2D eigenvalue weighted by Crippen LogP contribution is 2.24. The van der Waals surface area contributed by atoms with Crippen molar-refractivity contribution >= 4 is 21.8 Å². The first-order valence-electron chi connectivity index (χ1n) is 9.59. The van der Waals surface area contributed by atoms with Gasteiger partial charge in [-0.25, -0.2) is 23.1 Å². The molecule has 10 nitrogen and oxygen atoms in total. The van der Waals surface area contributed by atoms with E-state index in [0.29, 0.717) is 32.1 Å². The number of nitrogens with zero attached hydrogens (tertiary/aromatic N) is 4. The molecule has 0 aromatic carbocycles. The molecule has 2 aliphatic rings. The number of ether oxygens (including phenoxy) is 1. The zero-order valence-corrected chi connectivity index (χ0v) is 16.7. The molecule has 0 unspecified atom stereocenters. The molecule has 3 rings (SSSR count). The summed E-state index contributed by atoms with van der Waals surface area (Å²) in [5, 5.41) is 9.04. The van der Waals surface area contributed by atoms with Gasteiger partial charge in [0.2, 0.25) is 27.5 Å². The molecule has 2 heterocycles. The molecule has 0 spiro atoms. The second kappa shape index (κ2) is 9.28. The molecule has 2 fully saturated rings. The van der Waals surface area contributed by atoms with Crippen LogP contribution in [0.15, 0.2) is 12.4 Å². The number of sulfonamides is 1. The fourth-order valence-electron chi connectivity index (χ4n) is 3.52. The van der Waals surface area contributed by atoms with Crippen molar-refractivity contribution in [2.75, 3.05) is 12.3 Å². The first-order chi connectivity index (χ1) is 13.9. The van der Waals surface area contributed by atoms with Crippen molar-refractivity contribution in [1.82, 2.24) is 19.6 Å². The summed E-state index contributed by atoms with van der Waals surface area (Å²) in [6.07, 6.45) is 6.16. The third-order valence-electron chi connectivity index (χ3n) is 5.04. The highest BCUT2D eigenvalue weighted by molar-refractivity contribution is 7.89. The van der Waals surface area contributed by atoms with Crippen LogP contribution in [-0.4, -0.2) is 59.5 Å². The van der Waals surface area contributed by atoms with Crippen LogP contribution >= 0.6 is 0 Å². The summed E-state index contributed by atoms with van der Waals surface area (Å²) in [7, 11) is -3.62. The molecule has 29 heavy (non-hydrogen) atoms. The predicted octanol–water partition coefficient (Wildman–Crippen LogP) is 0.497. The number of likely N-dealkylation sites (tertiary alicyclic amines) is 1. The number of imide groups is 1. The van der Waals surface area contributed by atoms with Crippen molar-refractivity contribution in [3.63, 3.8) is 0 Å². The van der Waals surface area contributed by atoms with Gasteiger partial charge in [-0.2, -0.15) is 5.26 Å². The van der Waals surface area contributed by atoms with Gasteiger partial charge in [-0.05, 0) is 32.1 Å². The van der Waals surface area contributed by atoms with E-state index in [1.807, 2.05) is 6.07 Å². The van der Waals surface area contributed by atoms with E-state index in [-0.39, 0.29) is 60.7 Å². The molecule has 156 valence electrons. The van der Waals surface area contributed by atoms with Crippen LogP contribution in [0.4, 0.5) is 0 Å². The second-order valence-electron chi connectivity index (χ2n) is 7.14. The van der Waals surface area contributed by atoms with Gasteiger partial charge in [0.05, 0.1) is 5.75 Å². The summed E-state index contributed by atoms with van der Waals surface area (Å²) in [4.78, 5) is 32.6. The Bertz CT molecular complexity index is 889. The third kappa shape index (κ3) is 5.71. The van der Waals surface area contributed by atoms with Crippen LogP contribution in [0.3, 0.4) is 0 Å². The van der Waals surface area contributed by atoms with E-state index in [1.54, 1.807) is 0 Å². The van der Waals surface area contributed by atoms with Gasteiger partial charge in [-0.15, -0.1) is 0 Å². The monoisotopic (exact) mass is 421 g/mol. The molecule has 11 heteroatoms. The summed E-state index contributed by atoms with van der Waals surface area (Å²) >= 11 is 0. The van der Waals surface area contributed by atoms with Gasteiger partial charge in [0.25, 0.3) is 5.88 Å². The molecule has 1 aliphatic heterocycles. The van der Waals surface area contributed by atoms with Crippen molar-refractivity contribution in [3.05, 3.63) is 18.1 Å². The van der Waals surface area contributed by atoms with E-state index in [1.165, 1.54) is 12.4 Å². The first-order valence-corrected chi connectivity index (χ1v) is 11.2. The van der Waals surface area contributed by atoms with Gasteiger partial charge in [0, 0.05) is 37.8 Å². The SMILES string of the molecule is N#Cc1nccnc1OC1CCC(NS(=O)(=O)CCN2C(=O)CCCC2=O)CC1. The van der Waals surface area contributed by atoms with Crippen molar-refractivity contribution in [1.29, 1.82) is 5.26 Å². The summed E-state index contributed by atoms with van der Waals surface area (Å²) in [6.45, 7) is -0.116. The van der Waals surface area contributed by atoms with Crippen LogP contribution in [-0.2, 0) is 19.6 Å². The molecule has 1 aromatic rings. The van der Waals surface area contributed by atoms with Crippen molar-refractivity contribution < 1.29 is 22.7 Å². The minimum Gasteiger partial charge on any atom is -0.472 e. The Labute approximate surface area is 169 Å². The van der Waals surface area contributed by atoms with E-state index >= 15 is 0 Å². The highest BCUT2D eigenvalue weighted by Gasteiger charge is 2.30. The van der Waals surface area contributed by atoms with E-state index in [9.17, 15) is 18.0 Å². The van der Waals surface area contributed by atoms with Gasteiger partial charge < -0.3 is 4.74 Å². The number of hydrogen-bond donors (Lipinski definition) is 1. The average Bonchev–Trinajstić information content (AvgIpc) is 2.69. The minimum absolute atomic E-state index is 0.116. The lowest BCUT2D eigenvalue weighted by atomic mass is 9.94. The van der Waals surface area contributed by atoms with E-state index < -0.39 is 10.0 Å². The zero-order chi connectivity index (χ0) is 20.9. The second-order valence-corrected chi connectivity index (χ2v) is 9.02. The van der Waals surface area contributed by atoms with Gasteiger partial charge in [0.1, 0.15) is 12.2 Å². The van der Waals surface area contributed by atoms with E-state index in [2.05, 4.69) is 14.7 Å². The van der Waals surface area contributed by atoms with Crippen LogP contribution in [0.1, 0.15) is 50.6 Å². The Morgan fingerprint density at radius 3 is 2.45 bits per heavy atom. The van der Waals surface area contributed by atoms with Crippen LogP contribution in [0.5, 0.6) is 5.88 Å². The largest absolute Gasteiger partial charge is 0.472 e. The molecule has 1 aromatic heterocycles. The summed E-state index contributed by atoms with van der Waals surface area (Å²) < 4.78 is 33.1. The van der Waals surface area contributed by atoms with Crippen molar-refractivity contribution in [3.8, 4) is 11.9 Å². The first kappa shape index (κ1) is 21.1. The number of aromatic nitrogens is 2. The lowest BCUT2D eigenvalue weighted by Gasteiger charge is -2.29. The van der Waals surface area contributed by atoms with Gasteiger partial charge >= 0.3 is 0 Å². The van der Waals surface area contributed by atoms with Crippen LogP contribution in [0.25, 0.3) is 0 Å². The van der Waals surface area contributed by atoms with E-state index in [0.717, 1.165) is 4.90 Å². The molecule has 0 atom stereocenters. The van der Waals surface area contributed by atoms with Gasteiger partial charge in [-0.3, -0.25) is 14.5 Å². The Kier molecular flexibility index (Phi) is 6.76. The number of piperidine rings is 1. The lowest BCUT2D eigenvalue weighted by molar-refractivity contribution is -0.147. The third-order valence-corrected chi connectivity index (χ3v) is 6.45. The molecule has 0 bridgehead atoms. The Hall–Kier alpha value is -2.58. The smallest absolute Gasteiger partial charge is 0.251 e. The number of carbonyl (C=O) groups is 2. The molecule has 1 N–H and O–H groups in total. The Balaban J connectivity index is 1.46. The molecule has 1 aliphatic carbocycles. The molecule has 1 saturated carbocycles. The Morgan fingerprint density at radius 1 is 1.14 bits per heavy atom. The highest BCUT2D eigenvalue weighted by atomic mass is 32.2. The number of amides is 2. The number of rotatable bonds is 7. The topological polar surface area (TPSA) is 142 Å². The van der Waals surface area contributed by atoms with Crippen molar-refractivity contribution in [2.24, 2.45) is 0 Å². The fourth-order valence-corrected chi connectivity index (χ4v) is 4.80. The Morgan fingerprint density at radius 2 is 1.79 bits per heavy atom. The standard InChI is InChI=1S/C18H23N5O5S/c19-12-15-18(21-9-8-20-15)28-14-6-4-13(5-7-14)22-29(26,27)11-10-23-16(24)2-1-3-17(23)25/h8-9,13-14,22H,1-7,10-11H2. The van der Waals surface area contributed by atoms with Crippen LogP contribution in [0.2, 0.25) is 0 Å². The molecular formula is C18H23N5O5S. The lowest BCUT2D eigenvalue weighted by Crippen LogP contribution is -2.46. The normalized spacial score (nSPS) is 22.9. The maximum absolute atomic E-state index is 12.4. The maximum Gasteiger partial charge on any atom is 0.251 e. The number of nitrogens with one attached hydrogen (secondary N) is 1. The molecular weight excluding hydrogens is 398 g/mol. The number of hydrogen-bond acceptors (Lipinski definition) is 8. The minimum atomic E-state index is -3.62. The van der Waals surface area contributed by atoms with Gasteiger partial charge in [-0.1, -0.05) is 0 Å². The van der Waals surface area contributed by atoms with Crippen LogP contribution < -0.4 is 9.46 Å². The molecule has 2 amide bonds. The maximum atomic E-state index is 12.4.